The number of likely N-dealkylation sites (tertiary alicyclic amines) is 1. The highest BCUT2D eigenvalue weighted by Gasteiger charge is 2.22. The van der Waals surface area contributed by atoms with E-state index in [1.54, 1.807) is 35.1 Å². The second-order valence-corrected chi connectivity index (χ2v) is 7.30. The third-order valence-electron chi connectivity index (χ3n) is 5.15. The number of hydrogen-bond acceptors (Lipinski definition) is 3. The van der Waals surface area contributed by atoms with Crippen molar-refractivity contribution in [2.75, 3.05) is 13.1 Å². The Balaban J connectivity index is 1.29. The largest absolute Gasteiger partial charge is 0.349 e. The van der Waals surface area contributed by atoms with E-state index in [2.05, 4.69) is 15.3 Å². The molecule has 1 saturated heterocycles. The molecule has 1 amide bonds. The molecule has 5 nitrogen and oxygen atoms in total. The summed E-state index contributed by atoms with van der Waals surface area (Å²) in [5.41, 5.74) is 2.12. The molecule has 1 aliphatic heterocycles. The summed E-state index contributed by atoms with van der Waals surface area (Å²) < 4.78 is 27.9. The van der Waals surface area contributed by atoms with Gasteiger partial charge in [-0.3, -0.25) is 9.69 Å². The van der Waals surface area contributed by atoms with Gasteiger partial charge in [0.05, 0.1) is 17.4 Å². The number of amides is 1. The van der Waals surface area contributed by atoms with Crippen molar-refractivity contribution >= 4 is 5.91 Å². The summed E-state index contributed by atoms with van der Waals surface area (Å²) in [5, 5.41) is 7.25. The Morgan fingerprint density at radius 2 is 1.83 bits per heavy atom. The number of piperidine rings is 1. The highest BCUT2D eigenvalue weighted by atomic mass is 19.1. The van der Waals surface area contributed by atoms with Gasteiger partial charge in [-0.15, -0.1) is 0 Å². The van der Waals surface area contributed by atoms with Crippen LogP contribution in [0, 0.1) is 11.6 Å². The van der Waals surface area contributed by atoms with Crippen LogP contribution < -0.4 is 5.32 Å². The van der Waals surface area contributed by atoms with Gasteiger partial charge in [0.1, 0.15) is 11.6 Å². The van der Waals surface area contributed by atoms with Crippen molar-refractivity contribution in [1.29, 1.82) is 0 Å². The van der Waals surface area contributed by atoms with E-state index >= 15 is 0 Å². The molecule has 0 bridgehead atoms. The van der Waals surface area contributed by atoms with E-state index in [0.29, 0.717) is 17.8 Å². The van der Waals surface area contributed by atoms with Gasteiger partial charge >= 0.3 is 0 Å². The van der Waals surface area contributed by atoms with E-state index < -0.39 is 0 Å². The molecule has 1 aliphatic rings. The molecule has 4 rings (SSSR count). The normalized spacial score (nSPS) is 15.4. The van der Waals surface area contributed by atoms with Crippen LogP contribution in [0.4, 0.5) is 8.78 Å². The Hall–Kier alpha value is -3.06. The van der Waals surface area contributed by atoms with Crippen LogP contribution in [0.1, 0.15) is 28.8 Å². The van der Waals surface area contributed by atoms with E-state index in [1.165, 1.54) is 24.4 Å². The quantitative estimate of drug-likeness (QED) is 0.718. The molecule has 150 valence electrons. The molecule has 29 heavy (non-hydrogen) atoms. The van der Waals surface area contributed by atoms with Crippen LogP contribution in [-0.2, 0) is 6.54 Å². The first kappa shape index (κ1) is 19.3. The third-order valence-corrected chi connectivity index (χ3v) is 5.15. The fourth-order valence-electron chi connectivity index (χ4n) is 3.57. The molecule has 1 aromatic heterocycles. The van der Waals surface area contributed by atoms with E-state index in [-0.39, 0.29) is 23.6 Å². The number of nitrogens with one attached hydrogen (secondary N) is 1. The number of rotatable bonds is 5. The molecule has 1 N–H and O–H groups in total. The number of benzene rings is 2. The maximum absolute atomic E-state index is 13.3. The summed E-state index contributed by atoms with van der Waals surface area (Å²) in [6.07, 6.45) is 4.83. The molecule has 0 atom stereocenters. The molecule has 7 heteroatoms. The molecule has 2 aromatic carbocycles. The summed E-state index contributed by atoms with van der Waals surface area (Å²) >= 11 is 0. The summed E-state index contributed by atoms with van der Waals surface area (Å²) in [7, 11) is 0. The predicted octanol–water partition coefficient (Wildman–Crippen LogP) is 3.54. The van der Waals surface area contributed by atoms with E-state index in [0.717, 1.165) is 31.5 Å². The van der Waals surface area contributed by atoms with Crippen LogP contribution in [0.3, 0.4) is 0 Å². The number of aromatic nitrogens is 2. The molecule has 3 aromatic rings. The lowest BCUT2D eigenvalue weighted by atomic mass is 10.0. The number of nitrogens with zero attached hydrogens (tertiary/aromatic N) is 3. The van der Waals surface area contributed by atoms with E-state index in [4.69, 9.17) is 0 Å². The summed E-state index contributed by atoms with van der Waals surface area (Å²) in [5.74, 6) is -0.699. The fraction of sp³-hybridized carbons (Fsp3) is 0.273. The number of halogens is 2. The van der Waals surface area contributed by atoms with Gasteiger partial charge in [0.25, 0.3) is 5.91 Å². The number of carbonyl (C=O) groups excluding carboxylic acids is 1. The minimum atomic E-state index is -0.317. The van der Waals surface area contributed by atoms with Crippen LogP contribution >= 0.6 is 0 Å². The van der Waals surface area contributed by atoms with Crippen LogP contribution in [0.15, 0.2) is 60.9 Å². The first-order valence-electron chi connectivity index (χ1n) is 9.65. The first-order chi connectivity index (χ1) is 14.1. The lowest BCUT2D eigenvalue weighted by Crippen LogP contribution is -2.44. The number of carbonyl (C=O) groups is 1. The van der Waals surface area contributed by atoms with Gasteiger partial charge in [-0.25, -0.2) is 13.5 Å². The fourth-order valence-corrected chi connectivity index (χ4v) is 3.57. The average Bonchev–Trinajstić information content (AvgIpc) is 3.20. The zero-order chi connectivity index (χ0) is 20.2. The Kier molecular flexibility index (Phi) is 5.67. The van der Waals surface area contributed by atoms with E-state index in [1.807, 2.05) is 6.07 Å². The smallest absolute Gasteiger partial charge is 0.254 e. The average molecular weight is 396 g/mol. The first-order valence-corrected chi connectivity index (χ1v) is 9.65. The Labute approximate surface area is 168 Å². The lowest BCUT2D eigenvalue weighted by Gasteiger charge is -2.32. The zero-order valence-corrected chi connectivity index (χ0v) is 15.9. The summed E-state index contributed by atoms with van der Waals surface area (Å²) in [4.78, 5) is 14.8. The highest BCUT2D eigenvalue weighted by Crippen LogP contribution is 2.16. The molecule has 0 radical (unpaired) electrons. The van der Waals surface area contributed by atoms with Gasteiger partial charge in [-0.2, -0.15) is 5.10 Å². The second kappa shape index (κ2) is 8.53. The molecule has 0 aliphatic carbocycles. The van der Waals surface area contributed by atoms with Crippen molar-refractivity contribution in [3.05, 3.63) is 83.7 Å². The Morgan fingerprint density at radius 1 is 1.07 bits per heavy atom. The van der Waals surface area contributed by atoms with Gasteiger partial charge in [-0.1, -0.05) is 12.1 Å². The molecule has 2 heterocycles. The summed E-state index contributed by atoms with van der Waals surface area (Å²) in [6, 6.07) is 12.7. The highest BCUT2D eigenvalue weighted by molar-refractivity contribution is 5.94. The third kappa shape index (κ3) is 4.86. The van der Waals surface area contributed by atoms with Gasteiger partial charge in [0.2, 0.25) is 0 Å². The van der Waals surface area contributed by atoms with E-state index in [9.17, 15) is 13.6 Å². The van der Waals surface area contributed by atoms with Gasteiger partial charge in [-0.05, 0) is 54.8 Å². The van der Waals surface area contributed by atoms with Crippen molar-refractivity contribution in [3.63, 3.8) is 0 Å². The standard InChI is InChI=1S/C22H22F2N4O/c23-18-4-6-21(7-5-18)28-15-17(13-25-28)22(29)26-20-8-10-27(11-9-20)14-16-2-1-3-19(24)12-16/h1-7,12-13,15,20H,8-11,14H2,(H,26,29). The van der Waals surface area contributed by atoms with Gasteiger partial charge in [0, 0.05) is 31.9 Å². The molecule has 0 unspecified atom stereocenters. The monoisotopic (exact) mass is 396 g/mol. The molecular weight excluding hydrogens is 374 g/mol. The molecule has 1 fully saturated rings. The van der Waals surface area contributed by atoms with Crippen LogP contribution in [0.25, 0.3) is 5.69 Å². The topological polar surface area (TPSA) is 50.2 Å². The Morgan fingerprint density at radius 3 is 2.55 bits per heavy atom. The summed E-state index contributed by atoms with van der Waals surface area (Å²) in [6.45, 7) is 2.40. The van der Waals surface area contributed by atoms with Gasteiger partial charge < -0.3 is 5.32 Å². The van der Waals surface area contributed by atoms with Crippen molar-refractivity contribution < 1.29 is 13.6 Å². The van der Waals surface area contributed by atoms with Crippen molar-refractivity contribution in [3.8, 4) is 5.69 Å². The molecule has 0 saturated carbocycles. The minimum Gasteiger partial charge on any atom is -0.349 e. The number of hydrogen-bond donors (Lipinski definition) is 1. The van der Waals surface area contributed by atoms with Crippen LogP contribution in [-0.4, -0.2) is 39.7 Å². The lowest BCUT2D eigenvalue weighted by molar-refractivity contribution is 0.0909. The van der Waals surface area contributed by atoms with Crippen LogP contribution in [0.5, 0.6) is 0 Å². The minimum absolute atomic E-state index is 0.0976. The Bertz CT molecular complexity index is 978. The maximum Gasteiger partial charge on any atom is 0.254 e. The van der Waals surface area contributed by atoms with Gasteiger partial charge in [0.15, 0.2) is 0 Å². The van der Waals surface area contributed by atoms with Crippen molar-refractivity contribution in [1.82, 2.24) is 20.0 Å². The molecule has 0 spiro atoms. The van der Waals surface area contributed by atoms with Crippen molar-refractivity contribution in [2.24, 2.45) is 0 Å². The molecular formula is C22H22F2N4O. The second-order valence-electron chi connectivity index (χ2n) is 7.30. The van der Waals surface area contributed by atoms with Crippen molar-refractivity contribution in [2.45, 2.75) is 25.4 Å². The van der Waals surface area contributed by atoms with Crippen LogP contribution in [0.2, 0.25) is 0 Å². The zero-order valence-electron chi connectivity index (χ0n) is 15.9. The predicted molar refractivity (Wildman–Crippen MR) is 106 cm³/mol. The SMILES string of the molecule is O=C(NC1CCN(Cc2cccc(F)c2)CC1)c1cnn(-c2ccc(F)cc2)c1. The maximum atomic E-state index is 13.3.